The average molecular weight is 757 g/mol. The van der Waals surface area contributed by atoms with Crippen molar-refractivity contribution < 1.29 is 0 Å². The van der Waals surface area contributed by atoms with E-state index >= 15 is 0 Å². The van der Waals surface area contributed by atoms with Crippen molar-refractivity contribution in [1.29, 1.82) is 0 Å². The topological polar surface area (TPSA) is 0 Å². The molecule has 0 nitrogen and oxygen atoms in total. The van der Waals surface area contributed by atoms with Gasteiger partial charge in [-0.05, 0) is 114 Å². The van der Waals surface area contributed by atoms with E-state index < -0.39 is 0 Å². The van der Waals surface area contributed by atoms with E-state index in [1.165, 1.54) is 114 Å². The zero-order valence-corrected chi connectivity index (χ0v) is 32.1. The fourth-order valence-corrected chi connectivity index (χ4v) is 12.9. The molecule has 54 heavy (non-hydrogen) atoms. The van der Waals surface area contributed by atoms with Crippen molar-refractivity contribution in [3.8, 4) is 43.1 Å². The smallest absolute Gasteiger partial charge is 0.0542 e. The molecule has 4 heterocycles. The molecule has 0 radical (unpaired) electrons. The van der Waals surface area contributed by atoms with Gasteiger partial charge in [0.25, 0.3) is 0 Å². The zero-order chi connectivity index (χ0) is 35.3. The Labute approximate surface area is 327 Å². The molecule has 0 fully saturated rings. The van der Waals surface area contributed by atoms with Crippen molar-refractivity contribution in [2.75, 3.05) is 0 Å². The third kappa shape index (κ3) is 4.99. The van der Waals surface area contributed by atoms with Gasteiger partial charge in [0.05, 0.1) is 9.40 Å². The number of fused-ring (bicyclic) bond motifs is 9. The second-order valence-electron chi connectivity index (χ2n) is 14.1. The molecule has 4 aromatic heterocycles. The van der Waals surface area contributed by atoms with Crippen LogP contribution in [0.5, 0.6) is 0 Å². The predicted octanol–water partition coefficient (Wildman–Crippen LogP) is 16.7. The largest absolute Gasteiger partial charge is 0.135 e. The van der Waals surface area contributed by atoms with Crippen LogP contribution in [0.15, 0.2) is 170 Å². The van der Waals surface area contributed by atoms with Crippen LogP contribution < -0.4 is 0 Å². The van der Waals surface area contributed by atoms with E-state index in [1.54, 1.807) is 0 Å². The summed E-state index contributed by atoms with van der Waals surface area (Å²) in [5.74, 6) is 0. The fraction of sp³-hybridized carbons (Fsp3) is 0. The maximum Gasteiger partial charge on any atom is 0.0542 e. The molecule has 0 atom stereocenters. The van der Waals surface area contributed by atoms with Gasteiger partial charge in [-0.25, -0.2) is 0 Å². The first-order chi connectivity index (χ1) is 26.7. The van der Waals surface area contributed by atoms with Crippen molar-refractivity contribution in [2.45, 2.75) is 0 Å². The summed E-state index contributed by atoms with van der Waals surface area (Å²) in [6, 6.07) is 63.5. The molecule has 12 rings (SSSR count). The summed E-state index contributed by atoms with van der Waals surface area (Å²) >= 11 is 7.60. The van der Waals surface area contributed by atoms with Crippen LogP contribution in [0.25, 0.3) is 114 Å². The highest BCUT2D eigenvalue weighted by Crippen LogP contribution is 2.46. The summed E-state index contributed by atoms with van der Waals surface area (Å²) in [6.45, 7) is 0. The molecular weight excluding hydrogens is 729 g/mol. The van der Waals surface area contributed by atoms with E-state index in [0.717, 1.165) is 0 Å². The first kappa shape index (κ1) is 30.8. The predicted molar refractivity (Wildman–Crippen MR) is 242 cm³/mol. The lowest BCUT2D eigenvalue weighted by atomic mass is 10.0. The van der Waals surface area contributed by atoms with Crippen LogP contribution in [0, 0.1) is 0 Å². The van der Waals surface area contributed by atoms with Crippen molar-refractivity contribution in [3.63, 3.8) is 0 Å². The Morgan fingerprint density at radius 3 is 1.04 bits per heavy atom. The van der Waals surface area contributed by atoms with Gasteiger partial charge in [0.1, 0.15) is 0 Å². The van der Waals surface area contributed by atoms with Crippen LogP contribution in [0.3, 0.4) is 0 Å². The molecule has 0 spiro atoms. The van der Waals surface area contributed by atoms with E-state index in [2.05, 4.69) is 170 Å². The zero-order valence-electron chi connectivity index (χ0n) is 28.8. The number of benzene rings is 8. The van der Waals surface area contributed by atoms with Crippen LogP contribution in [0.1, 0.15) is 0 Å². The van der Waals surface area contributed by atoms with Crippen molar-refractivity contribution in [3.05, 3.63) is 170 Å². The molecule has 0 saturated heterocycles. The number of thiophene rings is 4. The molecule has 252 valence electrons. The minimum atomic E-state index is 1.26. The molecule has 0 N–H and O–H groups in total. The minimum absolute atomic E-state index is 1.26. The lowest BCUT2D eigenvalue weighted by Gasteiger charge is -2.04. The van der Waals surface area contributed by atoms with Crippen molar-refractivity contribution in [1.82, 2.24) is 0 Å². The fourth-order valence-electron chi connectivity index (χ4n) is 8.01. The summed E-state index contributed by atoms with van der Waals surface area (Å²) in [7, 11) is 0. The number of hydrogen-bond donors (Lipinski definition) is 0. The summed E-state index contributed by atoms with van der Waals surface area (Å²) < 4.78 is 8.18. The van der Waals surface area contributed by atoms with Crippen LogP contribution in [-0.2, 0) is 0 Å². The summed E-state index contributed by atoms with van der Waals surface area (Å²) in [4.78, 5) is 2.63. The van der Waals surface area contributed by atoms with Crippen molar-refractivity contribution in [2.24, 2.45) is 0 Å². The van der Waals surface area contributed by atoms with Gasteiger partial charge in [0.2, 0.25) is 0 Å². The second-order valence-corrected chi connectivity index (χ2v) is 18.4. The lowest BCUT2D eigenvalue weighted by molar-refractivity contribution is 1.65. The highest BCUT2D eigenvalue weighted by Gasteiger charge is 2.15. The molecule has 0 unspecified atom stereocenters. The van der Waals surface area contributed by atoms with Gasteiger partial charge >= 0.3 is 0 Å². The Morgan fingerprint density at radius 2 is 0.611 bits per heavy atom. The molecule has 0 saturated carbocycles. The van der Waals surface area contributed by atoms with E-state index in [1.807, 2.05) is 45.3 Å². The summed E-state index contributed by atoms with van der Waals surface area (Å²) in [5.41, 5.74) is 7.59. The van der Waals surface area contributed by atoms with Crippen molar-refractivity contribution >= 4 is 117 Å². The highest BCUT2D eigenvalue weighted by atomic mass is 32.1. The van der Waals surface area contributed by atoms with E-state index in [0.29, 0.717) is 0 Å². The summed E-state index contributed by atoms with van der Waals surface area (Å²) in [5, 5.41) is 10.5. The number of rotatable bonds is 4. The number of hydrogen-bond acceptors (Lipinski definition) is 4. The third-order valence-electron chi connectivity index (χ3n) is 10.9. The molecule has 0 aliphatic carbocycles. The van der Waals surface area contributed by atoms with Gasteiger partial charge in [0, 0.05) is 39.3 Å². The molecule has 0 aliphatic heterocycles. The molecule has 0 amide bonds. The highest BCUT2D eigenvalue weighted by molar-refractivity contribution is 7.36. The third-order valence-corrected chi connectivity index (χ3v) is 15.7. The van der Waals surface area contributed by atoms with Crippen LogP contribution in [0.2, 0.25) is 0 Å². The molecular formula is C50H28S4. The molecule has 12 aromatic rings. The van der Waals surface area contributed by atoms with Gasteiger partial charge < -0.3 is 0 Å². The van der Waals surface area contributed by atoms with Gasteiger partial charge in [-0.15, -0.1) is 45.3 Å². The maximum absolute atomic E-state index is 2.38. The molecule has 8 aromatic carbocycles. The molecule has 0 aliphatic rings. The Hall–Kier alpha value is -5.62. The SMILES string of the molecule is c1ccc2cc3sc(-c4ccc(-c5ccc6c(c5)sc5c7ccc(-c8ccc(-c9cc%10cc%11ccccc%11cc%10s9)cc8)cc7sc65)cc4)cc3cc2c1. The Balaban J connectivity index is 0.823. The second kappa shape index (κ2) is 11.9. The van der Waals surface area contributed by atoms with Gasteiger partial charge in [-0.1, -0.05) is 121 Å². The Kier molecular flexibility index (Phi) is 6.81. The van der Waals surface area contributed by atoms with E-state index in [4.69, 9.17) is 0 Å². The average Bonchev–Trinajstić information content (AvgIpc) is 4.00. The Bertz CT molecular complexity index is 3090. The maximum atomic E-state index is 2.38. The minimum Gasteiger partial charge on any atom is -0.135 e. The first-order valence-electron chi connectivity index (χ1n) is 18.1. The van der Waals surface area contributed by atoms with Gasteiger partial charge in [0.15, 0.2) is 0 Å². The van der Waals surface area contributed by atoms with Crippen LogP contribution in [-0.4, -0.2) is 0 Å². The summed E-state index contributed by atoms with van der Waals surface area (Å²) in [6.07, 6.45) is 0. The first-order valence-corrected chi connectivity index (χ1v) is 21.4. The Morgan fingerprint density at radius 1 is 0.241 bits per heavy atom. The lowest BCUT2D eigenvalue weighted by Crippen LogP contribution is -1.78. The van der Waals surface area contributed by atoms with Crippen LogP contribution in [0.4, 0.5) is 0 Å². The van der Waals surface area contributed by atoms with E-state index in [9.17, 15) is 0 Å². The van der Waals surface area contributed by atoms with Gasteiger partial charge in [-0.3, -0.25) is 0 Å². The molecule has 0 bridgehead atoms. The normalized spacial score (nSPS) is 12.1. The van der Waals surface area contributed by atoms with E-state index in [-0.39, 0.29) is 0 Å². The standard InChI is InChI=1S/C50H28S4/c1-3-7-35-23-45-39(21-33(35)5-1)27-43(51-45)31-13-9-29(10-14-31)37-17-19-41-47(25-37)53-50-42-20-18-38(26-48(42)54-49(41)50)30-11-15-32(16-12-30)44-28-40-22-34-6-2-4-8-36(34)24-46(40)52-44/h1-28H. The van der Waals surface area contributed by atoms with Gasteiger partial charge in [-0.2, -0.15) is 0 Å². The monoisotopic (exact) mass is 756 g/mol. The molecule has 4 heteroatoms. The quantitative estimate of drug-likeness (QED) is 0.168. The van der Waals surface area contributed by atoms with Crippen LogP contribution >= 0.6 is 45.3 Å².